The van der Waals surface area contributed by atoms with Crippen molar-refractivity contribution in [3.05, 3.63) is 12.2 Å². The lowest BCUT2D eigenvalue weighted by molar-refractivity contribution is 0.107. The van der Waals surface area contributed by atoms with Gasteiger partial charge >= 0.3 is 0 Å². The second kappa shape index (κ2) is 6.60. The predicted octanol–water partition coefficient (Wildman–Crippen LogP) is 0.983. The summed E-state index contributed by atoms with van der Waals surface area (Å²) in [4.78, 5) is 4.21. The fourth-order valence-electron chi connectivity index (χ4n) is 1.61. The standard InChI is InChI=1S/C11H22N4O/c1-4-15-11(13-8-14-15)7-10(12)6-5-9(2)16-3/h8-10H,4-7,12H2,1-3H3. The topological polar surface area (TPSA) is 66.0 Å². The second-order valence-electron chi connectivity index (χ2n) is 4.08. The van der Waals surface area contributed by atoms with Gasteiger partial charge in [0.2, 0.25) is 0 Å². The summed E-state index contributed by atoms with van der Waals surface area (Å²) in [5.41, 5.74) is 6.05. The van der Waals surface area contributed by atoms with Gasteiger partial charge in [0.25, 0.3) is 0 Å². The Labute approximate surface area is 97.0 Å². The average molecular weight is 226 g/mol. The SMILES string of the molecule is CCn1ncnc1CC(N)CCC(C)OC. The van der Waals surface area contributed by atoms with E-state index in [0.29, 0.717) is 0 Å². The molecule has 2 N–H and O–H groups in total. The third-order valence-corrected chi connectivity index (χ3v) is 2.79. The number of hydrogen-bond donors (Lipinski definition) is 1. The van der Waals surface area contributed by atoms with Gasteiger partial charge in [-0.1, -0.05) is 0 Å². The number of nitrogens with two attached hydrogens (primary N) is 1. The number of ether oxygens (including phenoxy) is 1. The van der Waals surface area contributed by atoms with E-state index in [9.17, 15) is 0 Å². The van der Waals surface area contributed by atoms with E-state index in [1.165, 1.54) is 0 Å². The Morgan fingerprint density at radius 3 is 2.88 bits per heavy atom. The van der Waals surface area contributed by atoms with E-state index in [2.05, 4.69) is 23.9 Å². The molecule has 0 aliphatic heterocycles. The third-order valence-electron chi connectivity index (χ3n) is 2.79. The molecule has 5 nitrogen and oxygen atoms in total. The minimum absolute atomic E-state index is 0.132. The van der Waals surface area contributed by atoms with E-state index < -0.39 is 0 Å². The zero-order valence-corrected chi connectivity index (χ0v) is 10.4. The number of rotatable bonds is 7. The first-order valence-electron chi connectivity index (χ1n) is 5.82. The molecule has 0 aromatic carbocycles. The van der Waals surface area contributed by atoms with Gasteiger partial charge in [0.05, 0.1) is 6.10 Å². The maximum absolute atomic E-state index is 6.05. The molecule has 1 rings (SSSR count). The number of nitrogens with zero attached hydrogens (tertiary/aromatic N) is 3. The van der Waals surface area contributed by atoms with E-state index in [-0.39, 0.29) is 12.1 Å². The summed E-state index contributed by atoms with van der Waals surface area (Å²) in [6.07, 6.45) is 4.58. The van der Waals surface area contributed by atoms with Crippen molar-refractivity contribution in [2.24, 2.45) is 5.73 Å². The van der Waals surface area contributed by atoms with Crippen LogP contribution in [0.4, 0.5) is 0 Å². The lowest BCUT2D eigenvalue weighted by Gasteiger charge is -2.14. The monoisotopic (exact) mass is 226 g/mol. The van der Waals surface area contributed by atoms with Crippen LogP contribution in [0.1, 0.15) is 32.5 Å². The van der Waals surface area contributed by atoms with Crippen molar-refractivity contribution in [2.75, 3.05) is 7.11 Å². The zero-order valence-electron chi connectivity index (χ0n) is 10.4. The molecule has 0 saturated carbocycles. The molecular weight excluding hydrogens is 204 g/mol. The lowest BCUT2D eigenvalue weighted by Crippen LogP contribution is -2.26. The molecule has 0 amide bonds. The molecule has 2 unspecified atom stereocenters. The molecule has 0 aliphatic carbocycles. The van der Waals surface area contributed by atoms with Gasteiger partial charge in [-0.3, -0.25) is 4.68 Å². The minimum atomic E-state index is 0.132. The molecule has 0 aliphatic rings. The maximum atomic E-state index is 6.05. The van der Waals surface area contributed by atoms with Crippen molar-refractivity contribution >= 4 is 0 Å². The molecule has 1 aromatic rings. The zero-order chi connectivity index (χ0) is 12.0. The van der Waals surface area contributed by atoms with Gasteiger partial charge < -0.3 is 10.5 Å². The van der Waals surface area contributed by atoms with E-state index in [0.717, 1.165) is 31.6 Å². The van der Waals surface area contributed by atoms with Crippen LogP contribution in [-0.2, 0) is 17.7 Å². The molecule has 0 spiro atoms. The van der Waals surface area contributed by atoms with Crippen molar-refractivity contribution in [3.8, 4) is 0 Å². The highest BCUT2D eigenvalue weighted by molar-refractivity contribution is 4.88. The lowest BCUT2D eigenvalue weighted by atomic mass is 10.1. The molecule has 92 valence electrons. The van der Waals surface area contributed by atoms with Gasteiger partial charge in [0, 0.05) is 26.1 Å². The van der Waals surface area contributed by atoms with Gasteiger partial charge in [0.1, 0.15) is 12.2 Å². The van der Waals surface area contributed by atoms with E-state index in [4.69, 9.17) is 10.5 Å². The molecule has 0 bridgehead atoms. The minimum Gasteiger partial charge on any atom is -0.382 e. The number of aryl methyl sites for hydroxylation is 1. The first-order valence-corrected chi connectivity index (χ1v) is 5.82. The third kappa shape index (κ3) is 3.90. The van der Waals surface area contributed by atoms with E-state index in [1.54, 1.807) is 13.4 Å². The van der Waals surface area contributed by atoms with Crippen molar-refractivity contribution in [2.45, 2.75) is 51.8 Å². The Hall–Kier alpha value is -0.940. The number of aromatic nitrogens is 3. The van der Waals surface area contributed by atoms with Crippen molar-refractivity contribution in [3.63, 3.8) is 0 Å². The Bertz CT molecular complexity index is 300. The van der Waals surface area contributed by atoms with E-state index in [1.807, 2.05) is 4.68 Å². The van der Waals surface area contributed by atoms with Crippen LogP contribution in [0.2, 0.25) is 0 Å². The van der Waals surface area contributed by atoms with Crippen molar-refractivity contribution < 1.29 is 4.74 Å². The maximum Gasteiger partial charge on any atom is 0.138 e. The van der Waals surface area contributed by atoms with Crippen LogP contribution in [-0.4, -0.2) is 34.0 Å². The summed E-state index contributed by atoms with van der Waals surface area (Å²) < 4.78 is 7.08. The first-order chi connectivity index (χ1) is 7.67. The Morgan fingerprint density at radius 2 is 2.25 bits per heavy atom. The Balaban J connectivity index is 2.36. The summed E-state index contributed by atoms with van der Waals surface area (Å²) in [6, 6.07) is 0.132. The van der Waals surface area contributed by atoms with Crippen molar-refractivity contribution in [1.29, 1.82) is 0 Å². The molecular formula is C11H22N4O. The molecule has 0 saturated heterocycles. The van der Waals surface area contributed by atoms with Crippen LogP contribution in [0.3, 0.4) is 0 Å². The Kier molecular flexibility index (Phi) is 5.42. The van der Waals surface area contributed by atoms with Gasteiger partial charge in [0.15, 0.2) is 0 Å². The smallest absolute Gasteiger partial charge is 0.138 e. The average Bonchev–Trinajstić information content (AvgIpc) is 2.73. The van der Waals surface area contributed by atoms with Crippen LogP contribution in [0, 0.1) is 0 Å². The molecule has 5 heteroatoms. The molecule has 1 aromatic heterocycles. The van der Waals surface area contributed by atoms with Crippen LogP contribution in [0.15, 0.2) is 6.33 Å². The molecule has 0 radical (unpaired) electrons. The molecule has 2 atom stereocenters. The predicted molar refractivity (Wildman–Crippen MR) is 63.1 cm³/mol. The first kappa shape index (κ1) is 13.1. The van der Waals surface area contributed by atoms with Crippen LogP contribution in [0.5, 0.6) is 0 Å². The van der Waals surface area contributed by atoms with Crippen LogP contribution < -0.4 is 5.73 Å². The summed E-state index contributed by atoms with van der Waals surface area (Å²) in [5.74, 6) is 0.972. The molecule has 0 fully saturated rings. The quantitative estimate of drug-likeness (QED) is 0.752. The number of methoxy groups -OCH3 is 1. The van der Waals surface area contributed by atoms with Crippen molar-refractivity contribution in [1.82, 2.24) is 14.8 Å². The van der Waals surface area contributed by atoms with Gasteiger partial charge in [-0.05, 0) is 26.7 Å². The summed E-state index contributed by atoms with van der Waals surface area (Å²) in [5, 5.41) is 4.12. The van der Waals surface area contributed by atoms with Crippen LogP contribution in [0.25, 0.3) is 0 Å². The summed E-state index contributed by atoms with van der Waals surface area (Å²) in [6.45, 7) is 4.95. The van der Waals surface area contributed by atoms with Gasteiger partial charge in [-0.15, -0.1) is 0 Å². The summed E-state index contributed by atoms with van der Waals surface area (Å²) >= 11 is 0. The summed E-state index contributed by atoms with van der Waals surface area (Å²) in [7, 11) is 1.73. The highest BCUT2D eigenvalue weighted by Gasteiger charge is 2.10. The second-order valence-corrected chi connectivity index (χ2v) is 4.08. The highest BCUT2D eigenvalue weighted by atomic mass is 16.5. The fourth-order valence-corrected chi connectivity index (χ4v) is 1.61. The fraction of sp³-hybridized carbons (Fsp3) is 0.818. The van der Waals surface area contributed by atoms with Gasteiger partial charge in [-0.25, -0.2) is 4.98 Å². The highest BCUT2D eigenvalue weighted by Crippen LogP contribution is 2.06. The molecule has 16 heavy (non-hydrogen) atoms. The largest absolute Gasteiger partial charge is 0.382 e. The molecule has 1 heterocycles. The van der Waals surface area contributed by atoms with E-state index >= 15 is 0 Å². The Morgan fingerprint density at radius 1 is 1.50 bits per heavy atom. The van der Waals surface area contributed by atoms with Crippen LogP contribution >= 0.6 is 0 Å². The number of hydrogen-bond acceptors (Lipinski definition) is 4. The normalized spacial score (nSPS) is 15.0. The van der Waals surface area contributed by atoms with Gasteiger partial charge in [-0.2, -0.15) is 5.10 Å².